The molecule has 154 valence electrons. The first kappa shape index (κ1) is 19.8. The first-order chi connectivity index (χ1) is 14.2. The van der Waals surface area contributed by atoms with E-state index in [1.54, 1.807) is 7.11 Å². The largest absolute Gasteiger partial charge is 0.497 e. The van der Waals surface area contributed by atoms with Crippen LogP contribution in [0.5, 0.6) is 11.5 Å². The van der Waals surface area contributed by atoms with Gasteiger partial charge in [0.1, 0.15) is 24.2 Å². The van der Waals surface area contributed by atoms with Gasteiger partial charge in [-0.1, -0.05) is 18.2 Å². The number of hydrogen-bond acceptors (Lipinski definition) is 5. The molecule has 0 saturated carbocycles. The van der Waals surface area contributed by atoms with E-state index in [1.165, 1.54) is 16.6 Å². The Morgan fingerprint density at radius 1 is 0.966 bits per heavy atom. The van der Waals surface area contributed by atoms with Crippen molar-refractivity contribution in [3.05, 3.63) is 60.3 Å². The number of aliphatic hydroxyl groups is 1. The maximum Gasteiger partial charge on any atom is 0.119 e. The van der Waals surface area contributed by atoms with Crippen molar-refractivity contribution in [1.29, 1.82) is 0 Å². The molecule has 0 bridgehead atoms. The van der Waals surface area contributed by atoms with Crippen LogP contribution >= 0.6 is 0 Å². The fourth-order valence-corrected chi connectivity index (χ4v) is 3.80. The Bertz CT molecular complexity index is 868. The first-order valence-corrected chi connectivity index (χ1v) is 10.2. The molecule has 1 aliphatic heterocycles. The van der Waals surface area contributed by atoms with Crippen LogP contribution in [0.25, 0.3) is 10.9 Å². The number of H-pyrrole nitrogens is 1. The van der Waals surface area contributed by atoms with Crippen LogP contribution < -0.4 is 9.47 Å². The molecule has 2 heterocycles. The predicted octanol–water partition coefficient (Wildman–Crippen LogP) is 2.73. The molecule has 6 heteroatoms. The van der Waals surface area contributed by atoms with Gasteiger partial charge in [-0.2, -0.15) is 0 Å². The second-order valence-corrected chi connectivity index (χ2v) is 7.60. The summed E-state index contributed by atoms with van der Waals surface area (Å²) in [5.41, 5.74) is 2.45. The third kappa shape index (κ3) is 5.29. The van der Waals surface area contributed by atoms with Gasteiger partial charge in [-0.25, -0.2) is 0 Å². The highest BCUT2D eigenvalue weighted by molar-refractivity contribution is 5.80. The van der Waals surface area contributed by atoms with Crippen molar-refractivity contribution in [2.24, 2.45) is 0 Å². The van der Waals surface area contributed by atoms with Gasteiger partial charge in [-0.05, 0) is 41.8 Å². The molecule has 29 heavy (non-hydrogen) atoms. The lowest BCUT2D eigenvalue weighted by Crippen LogP contribution is -2.48. The Labute approximate surface area is 171 Å². The molecule has 6 nitrogen and oxygen atoms in total. The smallest absolute Gasteiger partial charge is 0.119 e. The minimum atomic E-state index is -0.502. The van der Waals surface area contributed by atoms with Crippen LogP contribution in [-0.4, -0.2) is 72.4 Å². The van der Waals surface area contributed by atoms with E-state index in [1.807, 2.05) is 24.3 Å². The average Bonchev–Trinajstić information content (AvgIpc) is 3.16. The van der Waals surface area contributed by atoms with E-state index in [0.717, 1.165) is 44.2 Å². The Balaban J connectivity index is 1.19. The number of aliphatic hydroxyl groups excluding tert-OH is 1. The standard InChI is InChI=1S/C23H29N3O3/c1-28-21-6-8-22(9-7-21)29-17-20(27)16-26-12-10-25(11-13-26)15-19-14-18-4-2-3-5-23(18)24-19/h2-9,14,20,24,27H,10-13,15-17H2,1H3. The van der Waals surface area contributed by atoms with Gasteiger partial charge in [-0.3, -0.25) is 9.80 Å². The normalized spacial score (nSPS) is 16.8. The van der Waals surface area contributed by atoms with Crippen LogP contribution in [0.2, 0.25) is 0 Å². The molecule has 2 aromatic carbocycles. The number of hydrogen-bond donors (Lipinski definition) is 2. The van der Waals surface area contributed by atoms with Crippen LogP contribution in [0.1, 0.15) is 5.69 Å². The average molecular weight is 396 g/mol. The molecular weight excluding hydrogens is 366 g/mol. The van der Waals surface area contributed by atoms with Gasteiger partial charge in [0.05, 0.1) is 7.11 Å². The van der Waals surface area contributed by atoms with E-state index in [9.17, 15) is 5.11 Å². The molecule has 1 aliphatic rings. The minimum Gasteiger partial charge on any atom is -0.497 e. The van der Waals surface area contributed by atoms with Gasteiger partial charge in [0.2, 0.25) is 0 Å². The SMILES string of the molecule is COc1ccc(OCC(O)CN2CCN(Cc3cc4ccccc4[nH]3)CC2)cc1. The lowest BCUT2D eigenvalue weighted by Gasteiger charge is -2.35. The number of nitrogens with one attached hydrogen (secondary N) is 1. The maximum absolute atomic E-state index is 10.3. The van der Waals surface area contributed by atoms with Gasteiger partial charge in [0, 0.05) is 50.5 Å². The van der Waals surface area contributed by atoms with E-state index >= 15 is 0 Å². The second kappa shape index (κ2) is 9.31. The number of benzene rings is 2. The quantitative estimate of drug-likeness (QED) is 0.614. The van der Waals surface area contributed by atoms with Crippen molar-refractivity contribution < 1.29 is 14.6 Å². The van der Waals surface area contributed by atoms with Crippen molar-refractivity contribution in [2.45, 2.75) is 12.6 Å². The number of nitrogens with zero attached hydrogens (tertiary/aromatic N) is 2. The van der Waals surface area contributed by atoms with Crippen LogP contribution in [-0.2, 0) is 6.54 Å². The zero-order valence-corrected chi connectivity index (χ0v) is 16.9. The molecule has 1 fully saturated rings. The third-order valence-electron chi connectivity index (χ3n) is 5.42. The van der Waals surface area contributed by atoms with E-state index in [4.69, 9.17) is 9.47 Å². The highest BCUT2D eigenvalue weighted by Crippen LogP contribution is 2.18. The van der Waals surface area contributed by atoms with Crippen LogP contribution in [0, 0.1) is 0 Å². The van der Waals surface area contributed by atoms with E-state index in [0.29, 0.717) is 13.2 Å². The Kier molecular flexibility index (Phi) is 6.34. The molecule has 1 saturated heterocycles. The number of ether oxygens (including phenoxy) is 2. The zero-order valence-electron chi connectivity index (χ0n) is 16.9. The molecular formula is C23H29N3O3. The molecule has 0 amide bonds. The summed E-state index contributed by atoms with van der Waals surface area (Å²) < 4.78 is 10.8. The predicted molar refractivity (Wildman–Crippen MR) is 115 cm³/mol. The fourth-order valence-electron chi connectivity index (χ4n) is 3.80. The second-order valence-electron chi connectivity index (χ2n) is 7.60. The molecule has 0 aliphatic carbocycles. The van der Waals surface area contributed by atoms with Gasteiger partial charge < -0.3 is 19.6 Å². The summed E-state index contributed by atoms with van der Waals surface area (Å²) in [5, 5.41) is 11.6. The van der Waals surface area contributed by atoms with Gasteiger partial charge in [-0.15, -0.1) is 0 Å². The lowest BCUT2D eigenvalue weighted by atomic mass is 10.2. The molecule has 1 unspecified atom stereocenters. The fraction of sp³-hybridized carbons (Fsp3) is 0.391. The Morgan fingerprint density at radius 3 is 2.38 bits per heavy atom. The third-order valence-corrected chi connectivity index (χ3v) is 5.42. The molecule has 0 spiro atoms. The molecule has 0 radical (unpaired) electrons. The molecule has 3 aromatic rings. The van der Waals surface area contributed by atoms with Gasteiger partial charge in [0.15, 0.2) is 0 Å². The Hall–Kier alpha value is -2.54. The molecule has 1 aromatic heterocycles. The summed E-state index contributed by atoms with van der Waals surface area (Å²) in [4.78, 5) is 8.28. The molecule has 2 N–H and O–H groups in total. The monoisotopic (exact) mass is 395 g/mol. The topological polar surface area (TPSA) is 61.0 Å². The van der Waals surface area contributed by atoms with Crippen molar-refractivity contribution >= 4 is 10.9 Å². The van der Waals surface area contributed by atoms with Gasteiger partial charge >= 0.3 is 0 Å². The summed E-state index contributed by atoms with van der Waals surface area (Å²) in [7, 11) is 1.64. The van der Waals surface area contributed by atoms with Crippen LogP contribution in [0.3, 0.4) is 0 Å². The van der Waals surface area contributed by atoms with E-state index < -0.39 is 6.10 Å². The number of para-hydroxylation sites is 1. The highest BCUT2D eigenvalue weighted by Gasteiger charge is 2.20. The number of aromatic amines is 1. The van der Waals surface area contributed by atoms with Crippen molar-refractivity contribution in [2.75, 3.05) is 46.4 Å². The summed E-state index contributed by atoms with van der Waals surface area (Å²) in [6.45, 7) is 5.78. The lowest BCUT2D eigenvalue weighted by molar-refractivity contribution is 0.0444. The number of piperazine rings is 1. The summed E-state index contributed by atoms with van der Waals surface area (Å²) >= 11 is 0. The summed E-state index contributed by atoms with van der Waals surface area (Å²) in [6, 6.07) is 18.1. The number of methoxy groups -OCH3 is 1. The number of β-amino-alcohol motifs (C(OH)–C–C–N with tert-alkyl or cyclic N) is 1. The molecule has 4 rings (SSSR count). The minimum absolute atomic E-state index is 0.293. The van der Waals surface area contributed by atoms with E-state index in [-0.39, 0.29) is 0 Å². The zero-order chi connectivity index (χ0) is 20.1. The first-order valence-electron chi connectivity index (χ1n) is 10.2. The highest BCUT2D eigenvalue weighted by atomic mass is 16.5. The Morgan fingerprint density at radius 2 is 1.66 bits per heavy atom. The van der Waals surface area contributed by atoms with Gasteiger partial charge in [0.25, 0.3) is 0 Å². The maximum atomic E-state index is 10.3. The molecule has 1 atom stereocenters. The van der Waals surface area contributed by atoms with Crippen molar-refractivity contribution in [1.82, 2.24) is 14.8 Å². The van der Waals surface area contributed by atoms with E-state index in [2.05, 4.69) is 45.1 Å². The van der Waals surface area contributed by atoms with Crippen molar-refractivity contribution in [3.63, 3.8) is 0 Å². The van der Waals surface area contributed by atoms with Crippen molar-refractivity contribution in [3.8, 4) is 11.5 Å². The number of aromatic nitrogens is 1. The summed E-state index contributed by atoms with van der Waals surface area (Å²) in [6.07, 6.45) is -0.502. The summed E-state index contributed by atoms with van der Waals surface area (Å²) in [5.74, 6) is 1.54. The number of fused-ring (bicyclic) bond motifs is 1. The van der Waals surface area contributed by atoms with Crippen LogP contribution in [0.15, 0.2) is 54.6 Å². The van der Waals surface area contributed by atoms with Crippen LogP contribution in [0.4, 0.5) is 0 Å². The number of rotatable bonds is 8.